The molecule has 186 valence electrons. The molecule has 0 radical (unpaired) electrons. The average molecular weight is 487 g/mol. The maximum absolute atomic E-state index is 13.0. The van der Waals surface area contributed by atoms with E-state index in [0.717, 1.165) is 45.1 Å². The second-order valence-corrected chi connectivity index (χ2v) is 9.23. The van der Waals surface area contributed by atoms with Crippen LogP contribution in [0.4, 0.5) is 0 Å². The number of benzene rings is 2. The van der Waals surface area contributed by atoms with Gasteiger partial charge in [0.1, 0.15) is 6.23 Å². The highest BCUT2D eigenvalue weighted by Crippen LogP contribution is 2.33. The van der Waals surface area contributed by atoms with E-state index in [1.165, 1.54) is 0 Å². The van der Waals surface area contributed by atoms with E-state index in [2.05, 4.69) is 22.1 Å². The number of aromatic amines is 1. The number of ether oxygens (including phenoxy) is 1. The molecule has 7 N–H and O–H groups in total. The molecule has 2 aromatic carbocycles. The summed E-state index contributed by atoms with van der Waals surface area (Å²) in [5, 5.41) is 12.3. The van der Waals surface area contributed by atoms with Crippen molar-refractivity contribution in [1.82, 2.24) is 9.88 Å². The first-order valence-electron chi connectivity index (χ1n) is 12.2. The van der Waals surface area contributed by atoms with Gasteiger partial charge in [-0.2, -0.15) is 0 Å². The number of amides is 1. The minimum atomic E-state index is -1.19. The first kappa shape index (κ1) is 24.0. The Morgan fingerprint density at radius 1 is 1.19 bits per heavy atom. The molecule has 3 aromatic rings. The zero-order valence-corrected chi connectivity index (χ0v) is 20.3. The summed E-state index contributed by atoms with van der Waals surface area (Å²) in [7, 11) is 0. The third-order valence-corrected chi connectivity index (χ3v) is 6.87. The molecular weight excluding hydrogens is 454 g/mol. The fourth-order valence-corrected chi connectivity index (χ4v) is 4.99. The van der Waals surface area contributed by atoms with Gasteiger partial charge in [-0.05, 0) is 35.9 Å². The number of H-pyrrole nitrogens is 1. The highest BCUT2D eigenvalue weighted by molar-refractivity contribution is 6.21. The number of nitrogens with two attached hydrogens (primary N) is 2. The van der Waals surface area contributed by atoms with Crippen molar-refractivity contribution in [3.05, 3.63) is 77.5 Å². The predicted octanol–water partition coefficient (Wildman–Crippen LogP) is 1.47. The fraction of sp³-hybridized carbons (Fsp3) is 0.286. The van der Waals surface area contributed by atoms with E-state index in [1.54, 1.807) is 6.20 Å². The second-order valence-electron chi connectivity index (χ2n) is 9.23. The quantitative estimate of drug-likeness (QED) is 0.275. The normalized spacial score (nSPS) is 19.9. The monoisotopic (exact) mass is 486 g/mol. The van der Waals surface area contributed by atoms with Gasteiger partial charge < -0.3 is 31.2 Å². The molecule has 36 heavy (non-hydrogen) atoms. The number of fused-ring (bicyclic) bond motifs is 3. The van der Waals surface area contributed by atoms with E-state index in [-0.39, 0.29) is 11.9 Å². The zero-order chi connectivity index (χ0) is 25.2. The van der Waals surface area contributed by atoms with Crippen LogP contribution in [-0.4, -0.2) is 59.0 Å². The first-order valence-corrected chi connectivity index (χ1v) is 12.2. The lowest BCUT2D eigenvalue weighted by molar-refractivity contribution is -0.487. The molecule has 0 saturated carbocycles. The topological polar surface area (TPSA) is 132 Å². The predicted molar refractivity (Wildman–Crippen MR) is 142 cm³/mol. The van der Waals surface area contributed by atoms with E-state index < -0.39 is 6.23 Å². The number of hydrogen-bond donors (Lipinski definition) is 5. The Morgan fingerprint density at radius 2 is 2.00 bits per heavy atom. The van der Waals surface area contributed by atoms with Crippen LogP contribution in [0.2, 0.25) is 0 Å². The number of rotatable bonds is 5. The van der Waals surface area contributed by atoms with Gasteiger partial charge in [0.25, 0.3) is 5.91 Å². The summed E-state index contributed by atoms with van der Waals surface area (Å²) in [5.41, 5.74) is 17.4. The number of morpholine rings is 1. The third-order valence-electron chi connectivity index (χ3n) is 6.87. The van der Waals surface area contributed by atoms with Crippen molar-refractivity contribution in [1.29, 1.82) is 0 Å². The summed E-state index contributed by atoms with van der Waals surface area (Å²) >= 11 is 0. The molecule has 8 heteroatoms. The Morgan fingerprint density at radius 3 is 2.69 bits per heavy atom. The lowest BCUT2D eigenvalue weighted by atomic mass is 9.96. The molecule has 1 saturated heterocycles. The molecular formula is C28H32N5O3+. The van der Waals surface area contributed by atoms with Crippen LogP contribution in [0.1, 0.15) is 41.1 Å². The summed E-state index contributed by atoms with van der Waals surface area (Å²) in [5.74, 6) is -0.0186. The summed E-state index contributed by atoms with van der Waals surface area (Å²) in [6.07, 6.45) is 9.58. The van der Waals surface area contributed by atoms with Gasteiger partial charge in [-0.1, -0.05) is 24.3 Å². The van der Waals surface area contributed by atoms with E-state index in [9.17, 15) is 9.90 Å². The van der Waals surface area contributed by atoms with Crippen LogP contribution in [0.5, 0.6) is 0 Å². The van der Waals surface area contributed by atoms with Crippen LogP contribution >= 0.6 is 0 Å². The van der Waals surface area contributed by atoms with Crippen molar-refractivity contribution < 1.29 is 19.6 Å². The molecule has 2 aliphatic rings. The summed E-state index contributed by atoms with van der Waals surface area (Å²) in [4.78, 5) is 21.7. The van der Waals surface area contributed by atoms with E-state index in [0.29, 0.717) is 37.4 Å². The van der Waals surface area contributed by atoms with E-state index in [4.69, 9.17) is 16.2 Å². The number of aliphatic hydroxyl groups excluding tert-OH is 1. The largest absolute Gasteiger partial charge is 0.404 e. The standard InChI is InChI=1S/C28H31N5O3/c1-17(31-20-5-3-2-4-6-20)24(16-29)19-13-22-21-8-7-18(28(35)33-9-11-36-12-10-33)15-25(21)32-26(22)23(14-19)27(30)34/h2-5,7-8,13-16,20,27,32,34H,6,9-12,29-30H2,1H3/p+1. The highest BCUT2D eigenvalue weighted by Gasteiger charge is 2.22. The van der Waals surface area contributed by atoms with Gasteiger partial charge in [0.2, 0.25) is 0 Å². The number of aromatic nitrogens is 1. The minimum Gasteiger partial charge on any atom is -0.404 e. The molecule has 1 fully saturated rings. The molecule has 1 aliphatic carbocycles. The number of nitrogens with one attached hydrogen (secondary N) is 2. The zero-order valence-electron chi connectivity index (χ0n) is 20.3. The number of carbonyl (C=O) groups is 1. The number of carbonyl (C=O) groups excluding carboxylic acids is 1. The van der Waals surface area contributed by atoms with Crippen LogP contribution in [0.25, 0.3) is 27.4 Å². The Bertz CT molecular complexity index is 1420. The van der Waals surface area contributed by atoms with Gasteiger partial charge in [0, 0.05) is 60.1 Å². The van der Waals surface area contributed by atoms with Crippen molar-refractivity contribution in [3.8, 4) is 0 Å². The molecule has 1 amide bonds. The van der Waals surface area contributed by atoms with E-state index in [1.807, 2.05) is 54.3 Å². The summed E-state index contributed by atoms with van der Waals surface area (Å²) in [6, 6.07) is 9.75. The molecule has 2 atom stereocenters. The Labute approximate surface area is 209 Å². The molecule has 2 unspecified atom stereocenters. The molecule has 2 heterocycles. The second kappa shape index (κ2) is 10.1. The Balaban J connectivity index is 1.57. The SMILES string of the molecule is CC(=[NH+]C1C=CC=CC1)C(=CN)c1cc(C(N)O)c2[nH]c3cc(C(=O)N4CCOCC4)ccc3c2c1. The Hall–Kier alpha value is -3.72. The average Bonchev–Trinajstić information content (AvgIpc) is 3.27. The van der Waals surface area contributed by atoms with E-state index >= 15 is 0 Å². The lowest BCUT2D eigenvalue weighted by Gasteiger charge is -2.26. The minimum absolute atomic E-state index is 0.0186. The Kier molecular flexibility index (Phi) is 6.73. The first-order chi connectivity index (χ1) is 17.5. The van der Waals surface area contributed by atoms with Gasteiger partial charge in [0.15, 0.2) is 11.8 Å². The van der Waals surface area contributed by atoms with Gasteiger partial charge in [-0.25, -0.2) is 4.99 Å². The van der Waals surface area contributed by atoms with Crippen LogP contribution in [0.3, 0.4) is 0 Å². The van der Waals surface area contributed by atoms with Crippen LogP contribution in [-0.2, 0) is 4.74 Å². The summed E-state index contributed by atoms with van der Waals surface area (Å²) < 4.78 is 5.37. The molecule has 1 aliphatic heterocycles. The molecule has 0 spiro atoms. The van der Waals surface area contributed by atoms with Gasteiger partial charge in [-0.15, -0.1) is 0 Å². The molecule has 8 nitrogen and oxygen atoms in total. The van der Waals surface area contributed by atoms with Crippen molar-refractivity contribution in [2.45, 2.75) is 25.6 Å². The highest BCUT2D eigenvalue weighted by atomic mass is 16.5. The van der Waals surface area contributed by atoms with Gasteiger partial charge >= 0.3 is 0 Å². The van der Waals surface area contributed by atoms with Crippen LogP contribution < -0.4 is 16.5 Å². The molecule has 0 bridgehead atoms. The maximum Gasteiger partial charge on any atom is 0.254 e. The molecule has 5 rings (SSSR count). The van der Waals surface area contributed by atoms with Crippen molar-refractivity contribution in [2.75, 3.05) is 26.3 Å². The smallest absolute Gasteiger partial charge is 0.254 e. The van der Waals surface area contributed by atoms with Crippen LogP contribution in [0, 0.1) is 0 Å². The number of nitrogens with zero attached hydrogens (tertiary/aromatic N) is 1. The third kappa shape index (κ3) is 4.58. The van der Waals surface area contributed by atoms with Crippen molar-refractivity contribution in [3.63, 3.8) is 0 Å². The van der Waals surface area contributed by atoms with Crippen molar-refractivity contribution in [2.24, 2.45) is 11.5 Å². The maximum atomic E-state index is 13.0. The number of hydrogen-bond acceptors (Lipinski definition) is 5. The molecule has 1 aromatic heterocycles. The van der Waals surface area contributed by atoms with Crippen molar-refractivity contribution >= 4 is 39.0 Å². The summed E-state index contributed by atoms with van der Waals surface area (Å²) in [6.45, 7) is 4.27. The van der Waals surface area contributed by atoms with Crippen LogP contribution in [0.15, 0.2) is 60.8 Å². The van der Waals surface area contributed by atoms with Gasteiger partial charge in [0.05, 0.1) is 24.3 Å². The van der Waals surface area contributed by atoms with Gasteiger partial charge in [-0.3, -0.25) is 4.79 Å². The fourth-order valence-electron chi connectivity index (χ4n) is 4.99. The lowest BCUT2D eigenvalue weighted by Crippen LogP contribution is -2.78. The number of allylic oxidation sites excluding steroid dienone is 3. The number of aliphatic hydroxyl groups is 1.